The molecule has 2 nitrogen and oxygen atoms in total. The maximum absolute atomic E-state index is 5.68. The van der Waals surface area contributed by atoms with Gasteiger partial charge in [0.2, 0.25) is 0 Å². The Hall–Kier alpha value is -0.860. The first-order valence-electron chi connectivity index (χ1n) is 4.78. The molecule has 1 aliphatic heterocycles. The van der Waals surface area contributed by atoms with Gasteiger partial charge in [0.05, 0.1) is 6.10 Å². The molecule has 0 aromatic heterocycles. The van der Waals surface area contributed by atoms with Crippen molar-refractivity contribution in [3.05, 3.63) is 35.9 Å². The summed E-state index contributed by atoms with van der Waals surface area (Å²) in [7, 11) is 0. The molecule has 0 bridgehead atoms. The Bertz CT molecular complexity index is 260. The van der Waals surface area contributed by atoms with Gasteiger partial charge < -0.3 is 10.5 Å². The summed E-state index contributed by atoms with van der Waals surface area (Å²) in [4.78, 5) is 0. The Labute approximate surface area is 78.7 Å². The standard InChI is InChI=1S/C11H15NO/c12-8-10-6-7-13-11(10)9-4-2-1-3-5-9/h1-5,10-11H,6-8,12H2/t10-,11-/m0/s1. The first-order chi connectivity index (χ1) is 6.42. The zero-order valence-electron chi connectivity index (χ0n) is 7.65. The largest absolute Gasteiger partial charge is 0.373 e. The van der Waals surface area contributed by atoms with Crippen LogP contribution in [0, 0.1) is 5.92 Å². The molecule has 0 spiro atoms. The lowest BCUT2D eigenvalue weighted by Crippen LogP contribution is -2.17. The molecule has 1 heterocycles. The van der Waals surface area contributed by atoms with Crippen molar-refractivity contribution in [2.75, 3.05) is 13.2 Å². The molecule has 2 N–H and O–H groups in total. The summed E-state index contributed by atoms with van der Waals surface area (Å²) >= 11 is 0. The van der Waals surface area contributed by atoms with E-state index in [1.165, 1.54) is 5.56 Å². The van der Waals surface area contributed by atoms with Crippen LogP contribution in [-0.4, -0.2) is 13.2 Å². The molecule has 1 fully saturated rings. The highest BCUT2D eigenvalue weighted by atomic mass is 16.5. The first kappa shape index (κ1) is 8.73. The monoisotopic (exact) mass is 177 g/mol. The zero-order valence-corrected chi connectivity index (χ0v) is 7.65. The van der Waals surface area contributed by atoms with Crippen molar-refractivity contribution in [2.45, 2.75) is 12.5 Å². The Balaban J connectivity index is 2.16. The molecule has 2 heteroatoms. The van der Waals surface area contributed by atoms with Crippen LogP contribution in [0.4, 0.5) is 0 Å². The van der Waals surface area contributed by atoms with Crippen molar-refractivity contribution < 1.29 is 4.74 Å². The molecule has 1 aromatic rings. The van der Waals surface area contributed by atoms with Crippen LogP contribution in [-0.2, 0) is 4.74 Å². The van der Waals surface area contributed by atoms with Gasteiger partial charge in [-0.15, -0.1) is 0 Å². The van der Waals surface area contributed by atoms with Crippen LogP contribution < -0.4 is 5.73 Å². The fourth-order valence-corrected chi connectivity index (χ4v) is 1.89. The van der Waals surface area contributed by atoms with E-state index in [1.54, 1.807) is 0 Å². The van der Waals surface area contributed by atoms with E-state index in [2.05, 4.69) is 12.1 Å². The van der Waals surface area contributed by atoms with E-state index < -0.39 is 0 Å². The minimum atomic E-state index is 0.228. The fourth-order valence-electron chi connectivity index (χ4n) is 1.89. The number of hydrogen-bond donors (Lipinski definition) is 1. The van der Waals surface area contributed by atoms with Crippen LogP contribution in [0.1, 0.15) is 18.1 Å². The van der Waals surface area contributed by atoms with Crippen LogP contribution in [0.5, 0.6) is 0 Å². The van der Waals surface area contributed by atoms with Gasteiger partial charge in [0, 0.05) is 12.5 Å². The SMILES string of the molecule is NC[C@@H]1CCO[C@H]1c1ccccc1. The van der Waals surface area contributed by atoms with Crippen molar-refractivity contribution >= 4 is 0 Å². The second kappa shape index (κ2) is 3.90. The summed E-state index contributed by atoms with van der Waals surface area (Å²) in [5, 5.41) is 0. The van der Waals surface area contributed by atoms with Crippen LogP contribution in [0.15, 0.2) is 30.3 Å². The van der Waals surface area contributed by atoms with Gasteiger partial charge in [-0.1, -0.05) is 30.3 Å². The number of rotatable bonds is 2. The van der Waals surface area contributed by atoms with Gasteiger partial charge in [-0.25, -0.2) is 0 Å². The maximum atomic E-state index is 5.68. The smallest absolute Gasteiger partial charge is 0.0865 e. The second-order valence-corrected chi connectivity index (χ2v) is 3.49. The van der Waals surface area contributed by atoms with Crippen LogP contribution >= 0.6 is 0 Å². The van der Waals surface area contributed by atoms with Gasteiger partial charge in [-0.05, 0) is 18.5 Å². The van der Waals surface area contributed by atoms with Gasteiger partial charge in [0.15, 0.2) is 0 Å². The molecule has 70 valence electrons. The molecule has 1 saturated heterocycles. The minimum Gasteiger partial charge on any atom is -0.373 e. The zero-order chi connectivity index (χ0) is 9.10. The molecule has 13 heavy (non-hydrogen) atoms. The van der Waals surface area contributed by atoms with Gasteiger partial charge in [0.1, 0.15) is 0 Å². The van der Waals surface area contributed by atoms with Crippen molar-refractivity contribution in [3.63, 3.8) is 0 Å². The van der Waals surface area contributed by atoms with E-state index in [-0.39, 0.29) is 6.10 Å². The molecule has 0 radical (unpaired) electrons. The van der Waals surface area contributed by atoms with Gasteiger partial charge in [-0.3, -0.25) is 0 Å². The average Bonchev–Trinajstić information content (AvgIpc) is 2.67. The minimum absolute atomic E-state index is 0.228. The van der Waals surface area contributed by atoms with Crippen molar-refractivity contribution in [1.82, 2.24) is 0 Å². The Morgan fingerprint density at radius 2 is 2.08 bits per heavy atom. The Morgan fingerprint density at radius 3 is 2.77 bits per heavy atom. The normalized spacial score (nSPS) is 27.8. The third kappa shape index (κ3) is 1.74. The van der Waals surface area contributed by atoms with E-state index in [0.717, 1.165) is 19.6 Å². The predicted molar refractivity (Wildman–Crippen MR) is 52.3 cm³/mol. The van der Waals surface area contributed by atoms with Gasteiger partial charge in [-0.2, -0.15) is 0 Å². The van der Waals surface area contributed by atoms with Crippen molar-refractivity contribution in [3.8, 4) is 0 Å². The summed E-state index contributed by atoms with van der Waals surface area (Å²) in [6.07, 6.45) is 1.32. The van der Waals surface area contributed by atoms with Gasteiger partial charge >= 0.3 is 0 Å². The van der Waals surface area contributed by atoms with E-state index in [0.29, 0.717) is 5.92 Å². The van der Waals surface area contributed by atoms with Crippen molar-refractivity contribution in [2.24, 2.45) is 11.7 Å². The summed E-state index contributed by atoms with van der Waals surface area (Å²) in [6, 6.07) is 10.3. The molecule has 0 amide bonds. The third-order valence-corrected chi connectivity index (χ3v) is 2.65. The Kier molecular flexibility index (Phi) is 2.62. The summed E-state index contributed by atoms with van der Waals surface area (Å²) in [5.41, 5.74) is 6.94. The first-order valence-corrected chi connectivity index (χ1v) is 4.78. The van der Waals surface area contributed by atoms with E-state index >= 15 is 0 Å². The maximum Gasteiger partial charge on any atom is 0.0865 e. The lowest BCUT2D eigenvalue weighted by molar-refractivity contribution is 0.0925. The summed E-state index contributed by atoms with van der Waals surface area (Å²) in [5.74, 6) is 0.502. The van der Waals surface area contributed by atoms with Crippen LogP contribution in [0.3, 0.4) is 0 Å². The molecule has 0 unspecified atom stereocenters. The number of benzene rings is 1. The fraction of sp³-hybridized carbons (Fsp3) is 0.455. The van der Waals surface area contributed by atoms with Gasteiger partial charge in [0.25, 0.3) is 0 Å². The topological polar surface area (TPSA) is 35.2 Å². The summed E-state index contributed by atoms with van der Waals surface area (Å²) in [6.45, 7) is 1.57. The number of ether oxygens (including phenoxy) is 1. The third-order valence-electron chi connectivity index (χ3n) is 2.65. The van der Waals surface area contributed by atoms with E-state index in [4.69, 9.17) is 10.5 Å². The lowest BCUT2D eigenvalue weighted by atomic mass is 9.96. The molecule has 2 atom stereocenters. The quantitative estimate of drug-likeness (QED) is 0.746. The number of hydrogen-bond acceptors (Lipinski definition) is 2. The highest BCUT2D eigenvalue weighted by Gasteiger charge is 2.27. The highest BCUT2D eigenvalue weighted by Crippen LogP contribution is 2.33. The molecule has 0 saturated carbocycles. The molecular formula is C11H15NO. The molecular weight excluding hydrogens is 162 g/mol. The molecule has 0 aliphatic carbocycles. The summed E-state index contributed by atoms with van der Waals surface area (Å²) < 4.78 is 5.66. The number of nitrogens with two attached hydrogens (primary N) is 1. The van der Waals surface area contributed by atoms with Crippen LogP contribution in [0.2, 0.25) is 0 Å². The Morgan fingerprint density at radius 1 is 1.31 bits per heavy atom. The average molecular weight is 177 g/mol. The predicted octanol–water partition coefficient (Wildman–Crippen LogP) is 1.72. The highest BCUT2D eigenvalue weighted by molar-refractivity contribution is 5.19. The van der Waals surface area contributed by atoms with Crippen LogP contribution in [0.25, 0.3) is 0 Å². The van der Waals surface area contributed by atoms with E-state index in [1.807, 2.05) is 18.2 Å². The van der Waals surface area contributed by atoms with E-state index in [9.17, 15) is 0 Å². The molecule has 1 aromatic carbocycles. The molecule has 1 aliphatic rings. The molecule has 2 rings (SSSR count). The second-order valence-electron chi connectivity index (χ2n) is 3.49. The lowest BCUT2D eigenvalue weighted by Gasteiger charge is -2.16. The van der Waals surface area contributed by atoms with Crippen molar-refractivity contribution in [1.29, 1.82) is 0 Å².